The normalized spacial score (nSPS) is 24.3. The van der Waals surface area contributed by atoms with E-state index in [2.05, 4.69) is 25.9 Å². The summed E-state index contributed by atoms with van der Waals surface area (Å²) in [5.41, 5.74) is 1.07. The number of likely N-dealkylation sites (tertiary alicyclic amines) is 1. The SMILES string of the molecule is CC(=O)Nc1nc(CN2CCC(C3CCCN3)CC2)cs1. The number of hydrogen-bond donors (Lipinski definition) is 2. The number of nitrogens with zero attached hydrogens (tertiary/aromatic N) is 2. The van der Waals surface area contributed by atoms with E-state index < -0.39 is 0 Å². The highest BCUT2D eigenvalue weighted by Gasteiger charge is 2.28. The van der Waals surface area contributed by atoms with Gasteiger partial charge in [-0.3, -0.25) is 9.69 Å². The average molecular weight is 308 g/mol. The van der Waals surface area contributed by atoms with Crippen molar-refractivity contribution < 1.29 is 4.79 Å². The standard InChI is InChI=1S/C15H24N4OS/c1-11(20)17-15-18-13(10-21-15)9-19-7-4-12(5-8-19)14-3-2-6-16-14/h10,12,14,16H,2-9H2,1H3,(H,17,18,20). The van der Waals surface area contributed by atoms with E-state index in [1.807, 2.05) is 0 Å². The smallest absolute Gasteiger partial charge is 0.223 e. The van der Waals surface area contributed by atoms with Crippen molar-refractivity contribution in [3.05, 3.63) is 11.1 Å². The van der Waals surface area contributed by atoms with E-state index in [1.165, 1.54) is 50.5 Å². The third-order valence-corrected chi connectivity index (χ3v) is 5.33. The number of anilines is 1. The quantitative estimate of drug-likeness (QED) is 0.894. The summed E-state index contributed by atoms with van der Waals surface area (Å²) >= 11 is 1.51. The highest BCUT2D eigenvalue weighted by Crippen LogP contribution is 2.26. The highest BCUT2D eigenvalue weighted by molar-refractivity contribution is 7.13. The van der Waals surface area contributed by atoms with Crippen molar-refractivity contribution in [2.24, 2.45) is 5.92 Å². The largest absolute Gasteiger partial charge is 0.314 e. The van der Waals surface area contributed by atoms with Gasteiger partial charge in [0.2, 0.25) is 5.91 Å². The van der Waals surface area contributed by atoms with Crippen LogP contribution in [0.25, 0.3) is 0 Å². The summed E-state index contributed by atoms with van der Waals surface area (Å²) in [6.45, 7) is 5.95. The van der Waals surface area contributed by atoms with E-state index in [9.17, 15) is 4.79 Å². The van der Waals surface area contributed by atoms with Crippen LogP contribution in [0.1, 0.15) is 38.3 Å². The molecule has 0 bridgehead atoms. The first-order valence-electron chi connectivity index (χ1n) is 7.88. The first-order valence-corrected chi connectivity index (χ1v) is 8.76. The number of piperidine rings is 1. The van der Waals surface area contributed by atoms with Crippen LogP contribution in [0.5, 0.6) is 0 Å². The maximum Gasteiger partial charge on any atom is 0.223 e. The second-order valence-corrected chi connectivity index (χ2v) is 7.00. The zero-order valence-corrected chi connectivity index (χ0v) is 13.4. The van der Waals surface area contributed by atoms with E-state index in [-0.39, 0.29) is 5.91 Å². The molecule has 0 spiro atoms. The van der Waals surface area contributed by atoms with Crippen molar-refractivity contribution in [2.45, 2.75) is 45.2 Å². The van der Waals surface area contributed by atoms with Crippen molar-refractivity contribution in [3.63, 3.8) is 0 Å². The summed E-state index contributed by atoms with van der Waals surface area (Å²) in [5.74, 6) is 0.801. The van der Waals surface area contributed by atoms with Gasteiger partial charge in [-0.05, 0) is 51.2 Å². The Balaban J connectivity index is 1.46. The van der Waals surface area contributed by atoms with Gasteiger partial charge in [-0.25, -0.2) is 4.98 Å². The summed E-state index contributed by atoms with van der Waals surface area (Å²) in [6.07, 6.45) is 5.28. The molecular formula is C15H24N4OS. The van der Waals surface area contributed by atoms with Crippen LogP contribution < -0.4 is 10.6 Å². The second-order valence-electron chi connectivity index (χ2n) is 6.14. The Hall–Kier alpha value is -0.980. The van der Waals surface area contributed by atoms with Gasteiger partial charge in [0.15, 0.2) is 5.13 Å². The van der Waals surface area contributed by atoms with Crippen LogP contribution in [-0.4, -0.2) is 41.5 Å². The maximum atomic E-state index is 11.0. The molecule has 5 nitrogen and oxygen atoms in total. The second kappa shape index (κ2) is 6.85. The lowest BCUT2D eigenvalue weighted by Gasteiger charge is -2.34. The Kier molecular flexibility index (Phi) is 4.87. The van der Waals surface area contributed by atoms with Crippen LogP contribution >= 0.6 is 11.3 Å². The number of nitrogens with one attached hydrogen (secondary N) is 2. The number of rotatable bonds is 4. The number of aromatic nitrogens is 1. The minimum atomic E-state index is -0.0548. The van der Waals surface area contributed by atoms with Crippen molar-refractivity contribution in [1.82, 2.24) is 15.2 Å². The molecule has 1 amide bonds. The van der Waals surface area contributed by atoms with Crippen LogP contribution in [0.15, 0.2) is 5.38 Å². The first kappa shape index (κ1) is 14.9. The summed E-state index contributed by atoms with van der Waals surface area (Å²) < 4.78 is 0. The molecule has 0 radical (unpaired) electrons. The zero-order valence-electron chi connectivity index (χ0n) is 12.6. The van der Waals surface area contributed by atoms with Crippen molar-refractivity contribution in [1.29, 1.82) is 0 Å². The number of amides is 1. The van der Waals surface area contributed by atoms with Crippen molar-refractivity contribution in [2.75, 3.05) is 25.0 Å². The van der Waals surface area contributed by atoms with Gasteiger partial charge in [0.05, 0.1) is 5.69 Å². The van der Waals surface area contributed by atoms with Gasteiger partial charge in [-0.2, -0.15) is 0 Å². The van der Waals surface area contributed by atoms with E-state index in [4.69, 9.17) is 0 Å². The van der Waals surface area contributed by atoms with E-state index in [1.54, 1.807) is 0 Å². The molecule has 1 aromatic heterocycles. The molecule has 3 rings (SSSR count). The minimum Gasteiger partial charge on any atom is -0.314 e. The minimum absolute atomic E-state index is 0.0548. The summed E-state index contributed by atoms with van der Waals surface area (Å²) in [6, 6.07) is 0.762. The molecule has 0 saturated carbocycles. The van der Waals surface area contributed by atoms with Gasteiger partial charge in [-0.15, -0.1) is 11.3 Å². The van der Waals surface area contributed by atoms with Crippen LogP contribution in [0.2, 0.25) is 0 Å². The average Bonchev–Trinajstić information content (AvgIpc) is 3.11. The van der Waals surface area contributed by atoms with E-state index >= 15 is 0 Å². The molecule has 0 aromatic carbocycles. The van der Waals surface area contributed by atoms with E-state index in [0.29, 0.717) is 5.13 Å². The maximum absolute atomic E-state index is 11.0. The molecule has 21 heavy (non-hydrogen) atoms. The molecular weight excluding hydrogens is 284 g/mol. The summed E-state index contributed by atoms with van der Waals surface area (Å²) in [7, 11) is 0. The number of hydrogen-bond acceptors (Lipinski definition) is 5. The Morgan fingerprint density at radius 2 is 2.29 bits per heavy atom. The van der Waals surface area contributed by atoms with E-state index in [0.717, 1.165) is 37.3 Å². The Labute approximate surface area is 130 Å². The van der Waals surface area contributed by atoms with Crippen LogP contribution in [0, 0.1) is 5.92 Å². The number of thiazole rings is 1. The Morgan fingerprint density at radius 3 is 2.95 bits per heavy atom. The third-order valence-electron chi connectivity index (χ3n) is 4.52. The fraction of sp³-hybridized carbons (Fsp3) is 0.733. The molecule has 2 saturated heterocycles. The van der Waals surface area contributed by atoms with Crippen molar-refractivity contribution >= 4 is 22.4 Å². The molecule has 2 aliphatic heterocycles. The van der Waals surface area contributed by atoms with Crippen molar-refractivity contribution in [3.8, 4) is 0 Å². The van der Waals surface area contributed by atoms with Gasteiger partial charge in [0.1, 0.15) is 0 Å². The fourth-order valence-electron chi connectivity index (χ4n) is 3.44. The highest BCUT2D eigenvalue weighted by atomic mass is 32.1. The molecule has 2 aliphatic rings. The molecule has 116 valence electrons. The van der Waals surface area contributed by atoms with Crippen LogP contribution in [-0.2, 0) is 11.3 Å². The van der Waals surface area contributed by atoms with Gasteiger partial charge in [-0.1, -0.05) is 0 Å². The molecule has 1 unspecified atom stereocenters. The summed E-state index contributed by atoms with van der Waals surface area (Å²) in [5, 5.41) is 9.15. The molecule has 0 aliphatic carbocycles. The Morgan fingerprint density at radius 1 is 1.48 bits per heavy atom. The summed E-state index contributed by atoms with van der Waals surface area (Å²) in [4.78, 5) is 18.0. The van der Waals surface area contributed by atoms with Gasteiger partial charge in [0.25, 0.3) is 0 Å². The topological polar surface area (TPSA) is 57.3 Å². The molecule has 1 atom stereocenters. The predicted octanol–water partition coefficient (Wildman–Crippen LogP) is 2.07. The van der Waals surface area contributed by atoms with Crippen LogP contribution in [0.4, 0.5) is 5.13 Å². The lowest BCUT2D eigenvalue weighted by molar-refractivity contribution is -0.114. The number of carbonyl (C=O) groups is 1. The molecule has 2 fully saturated rings. The molecule has 6 heteroatoms. The molecule has 2 N–H and O–H groups in total. The predicted molar refractivity (Wildman–Crippen MR) is 85.4 cm³/mol. The monoisotopic (exact) mass is 308 g/mol. The third kappa shape index (κ3) is 4.02. The molecule has 1 aromatic rings. The van der Waals surface area contributed by atoms with Gasteiger partial charge in [0, 0.05) is 24.9 Å². The van der Waals surface area contributed by atoms with Gasteiger partial charge >= 0.3 is 0 Å². The zero-order chi connectivity index (χ0) is 14.7. The molecule has 3 heterocycles. The van der Waals surface area contributed by atoms with Crippen LogP contribution in [0.3, 0.4) is 0 Å². The Bertz CT molecular complexity index is 476. The van der Waals surface area contributed by atoms with Gasteiger partial charge < -0.3 is 10.6 Å². The lowest BCUT2D eigenvalue weighted by atomic mass is 9.88. The number of carbonyl (C=O) groups excluding carboxylic acids is 1. The lowest BCUT2D eigenvalue weighted by Crippen LogP contribution is -2.40. The first-order chi connectivity index (χ1) is 10.2. The fourth-order valence-corrected chi connectivity index (χ4v) is 4.19.